The van der Waals surface area contributed by atoms with Crippen molar-refractivity contribution in [3.63, 3.8) is 0 Å². The number of nitrogens with zero attached hydrogens (tertiary/aromatic N) is 3. The summed E-state index contributed by atoms with van der Waals surface area (Å²) in [5, 5.41) is 4.03. The van der Waals surface area contributed by atoms with E-state index < -0.39 is 10.0 Å². The summed E-state index contributed by atoms with van der Waals surface area (Å²) in [6, 6.07) is 4.82. The zero-order valence-corrected chi connectivity index (χ0v) is 20.2. The number of fused-ring (bicyclic) bond motifs is 1. The summed E-state index contributed by atoms with van der Waals surface area (Å²) >= 11 is 0. The van der Waals surface area contributed by atoms with E-state index in [0.717, 1.165) is 12.8 Å². The van der Waals surface area contributed by atoms with Crippen molar-refractivity contribution in [2.75, 3.05) is 46.6 Å². The molecule has 0 aliphatic carbocycles. The summed E-state index contributed by atoms with van der Waals surface area (Å²) in [4.78, 5) is 4.71. The monoisotopic (exact) mass is 493 g/mol. The highest BCUT2D eigenvalue weighted by Crippen LogP contribution is 2.40. The van der Waals surface area contributed by atoms with E-state index in [1.165, 1.54) is 0 Å². The predicted octanol–water partition coefficient (Wildman–Crippen LogP) is 2.22. The van der Waals surface area contributed by atoms with E-state index >= 15 is 0 Å². The largest absolute Gasteiger partial charge is 0.486 e. The van der Waals surface area contributed by atoms with Crippen LogP contribution in [0.2, 0.25) is 0 Å². The second-order valence-corrected chi connectivity index (χ2v) is 11.1. The lowest BCUT2D eigenvalue weighted by Gasteiger charge is -2.45. The van der Waals surface area contributed by atoms with Gasteiger partial charge in [0.05, 0.1) is 17.1 Å². The van der Waals surface area contributed by atoms with Gasteiger partial charge < -0.3 is 23.5 Å². The fourth-order valence-electron chi connectivity index (χ4n) is 5.03. The Bertz CT molecular complexity index is 1100. The second kappa shape index (κ2) is 9.80. The molecule has 4 heterocycles. The molecule has 2 aromatic rings. The second-order valence-electron chi connectivity index (χ2n) is 9.15. The number of aromatic nitrogens is 2. The maximum atomic E-state index is 13.3. The molecule has 1 aromatic carbocycles. The van der Waals surface area contributed by atoms with Gasteiger partial charge in [0.2, 0.25) is 15.9 Å². The Morgan fingerprint density at radius 2 is 1.94 bits per heavy atom. The van der Waals surface area contributed by atoms with E-state index in [4.69, 9.17) is 23.5 Å². The van der Waals surface area contributed by atoms with Crippen molar-refractivity contribution in [3.8, 4) is 11.5 Å². The Labute approximate surface area is 199 Å². The van der Waals surface area contributed by atoms with E-state index in [0.29, 0.717) is 94.3 Å². The number of sulfonamides is 1. The first-order valence-corrected chi connectivity index (χ1v) is 13.3. The van der Waals surface area contributed by atoms with Gasteiger partial charge in [-0.15, -0.1) is 0 Å². The van der Waals surface area contributed by atoms with Gasteiger partial charge in [0.1, 0.15) is 13.2 Å². The van der Waals surface area contributed by atoms with Crippen molar-refractivity contribution in [2.45, 2.75) is 49.0 Å². The fraction of sp³-hybridized carbons (Fsp3) is 0.652. The van der Waals surface area contributed by atoms with Gasteiger partial charge in [0.15, 0.2) is 17.3 Å². The Morgan fingerprint density at radius 3 is 2.74 bits per heavy atom. The van der Waals surface area contributed by atoms with Gasteiger partial charge in [-0.05, 0) is 43.7 Å². The lowest BCUT2D eigenvalue weighted by atomic mass is 9.79. The molecule has 1 spiro atoms. The van der Waals surface area contributed by atoms with Crippen LogP contribution >= 0.6 is 0 Å². The van der Waals surface area contributed by atoms with Crippen LogP contribution in [0, 0.1) is 5.92 Å². The molecule has 186 valence electrons. The maximum absolute atomic E-state index is 13.3. The van der Waals surface area contributed by atoms with Gasteiger partial charge in [-0.1, -0.05) is 5.16 Å². The van der Waals surface area contributed by atoms with E-state index in [-0.39, 0.29) is 10.5 Å². The van der Waals surface area contributed by atoms with Crippen LogP contribution in [0.25, 0.3) is 0 Å². The number of hydrogen-bond donors (Lipinski definition) is 0. The number of ether oxygens (including phenoxy) is 4. The van der Waals surface area contributed by atoms with Crippen LogP contribution in [0.4, 0.5) is 0 Å². The molecule has 11 heteroatoms. The molecule has 0 saturated carbocycles. The van der Waals surface area contributed by atoms with E-state index in [2.05, 4.69) is 10.1 Å². The molecular weight excluding hydrogens is 462 g/mol. The normalized spacial score (nSPS) is 22.7. The van der Waals surface area contributed by atoms with Gasteiger partial charge in [-0.3, -0.25) is 0 Å². The average Bonchev–Trinajstić information content (AvgIpc) is 3.30. The first-order valence-electron chi connectivity index (χ1n) is 11.8. The summed E-state index contributed by atoms with van der Waals surface area (Å²) < 4.78 is 55.9. The summed E-state index contributed by atoms with van der Waals surface area (Å²) in [6.45, 7) is 2.95. The summed E-state index contributed by atoms with van der Waals surface area (Å²) in [5.41, 5.74) is -0.305. The molecule has 1 aromatic heterocycles. The van der Waals surface area contributed by atoms with Crippen molar-refractivity contribution in [1.29, 1.82) is 0 Å². The Morgan fingerprint density at radius 1 is 1.15 bits per heavy atom. The fourth-order valence-corrected chi connectivity index (χ4v) is 6.49. The average molecular weight is 494 g/mol. The standard InChI is InChI=1S/C23H31N3O7S/c1-29-10-5-21-24-22(33-25-21)14-17-4-11-32-23(16-17)6-8-26(9-7-23)34(27,28)18-2-3-19-20(15-18)31-13-12-30-19/h2-3,15,17H,4-14,16H2,1H3. The molecule has 2 saturated heterocycles. The third-order valence-electron chi connectivity index (χ3n) is 6.88. The van der Waals surface area contributed by atoms with Crippen LogP contribution in [0.1, 0.15) is 37.4 Å². The predicted molar refractivity (Wildman–Crippen MR) is 120 cm³/mol. The minimum Gasteiger partial charge on any atom is -0.486 e. The Kier molecular flexibility index (Phi) is 6.79. The van der Waals surface area contributed by atoms with Crippen LogP contribution in [-0.2, 0) is 32.3 Å². The highest BCUT2D eigenvalue weighted by atomic mass is 32.2. The van der Waals surface area contributed by atoms with Gasteiger partial charge in [-0.2, -0.15) is 9.29 Å². The number of piperidine rings is 1. The van der Waals surface area contributed by atoms with Gasteiger partial charge in [0, 0.05) is 45.7 Å². The lowest BCUT2D eigenvalue weighted by molar-refractivity contribution is -0.121. The van der Waals surface area contributed by atoms with Crippen LogP contribution in [0.3, 0.4) is 0 Å². The van der Waals surface area contributed by atoms with Crippen molar-refractivity contribution < 1.29 is 31.9 Å². The van der Waals surface area contributed by atoms with Gasteiger partial charge in [0.25, 0.3) is 0 Å². The summed E-state index contributed by atoms with van der Waals surface area (Å²) in [6.07, 6.45) is 4.46. The minimum atomic E-state index is -3.62. The van der Waals surface area contributed by atoms with E-state index in [9.17, 15) is 8.42 Å². The molecule has 1 unspecified atom stereocenters. The minimum absolute atomic E-state index is 0.232. The molecule has 5 rings (SSSR count). The van der Waals surface area contributed by atoms with E-state index in [1.54, 1.807) is 29.6 Å². The number of benzene rings is 1. The smallest absolute Gasteiger partial charge is 0.243 e. The number of rotatable bonds is 7. The molecule has 1 atom stereocenters. The van der Waals surface area contributed by atoms with Gasteiger partial charge >= 0.3 is 0 Å². The molecule has 2 fully saturated rings. The van der Waals surface area contributed by atoms with Crippen LogP contribution < -0.4 is 9.47 Å². The number of methoxy groups -OCH3 is 1. The zero-order valence-electron chi connectivity index (χ0n) is 19.4. The maximum Gasteiger partial charge on any atom is 0.243 e. The third kappa shape index (κ3) is 4.93. The SMILES string of the molecule is COCCc1noc(CC2CCOC3(CCN(S(=O)(=O)c4ccc5c(c4)OCCO5)CC3)C2)n1. The van der Waals surface area contributed by atoms with Crippen molar-refractivity contribution >= 4 is 10.0 Å². The van der Waals surface area contributed by atoms with Crippen LogP contribution in [-0.4, -0.2) is 75.1 Å². The third-order valence-corrected chi connectivity index (χ3v) is 8.78. The van der Waals surface area contributed by atoms with Crippen molar-refractivity contribution in [2.24, 2.45) is 5.92 Å². The highest BCUT2D eigenvalue weighted by Gasteiger charge is 2.43. The molecular formula is C23H31N3O7S. The first kappa shape index (κ1) is 23.5. The molecule has 3 aliphatic rings. The topological polar surface area (TPSA) is 113 Å². The molecule has 0 amide bonds. The summed E-state index contributed by atoms with van der Waals surface area (Å²) in [7, 11) is -1.97. The molecule has 34 heavy (non-hydrogen) atoms. The highest BCUT2D eigenvalue weighted by molar-refractivity contribution is 7.89. The lowest BCUT2D eigenvalue weighted by Crippen LogP contribution is -2.50. The quantitative estimate of drug-likeness (QED) is 0.573. The first-order chi connectivity index (χ1) is 16.5. The van der Waals surface area contributed by atoms with E-state index in [1.807, 2.05) is 0 Å². The van der Waals surface area contributed by atoms with Crippen LogP contribution in [0.5, 0.6) is 11.5 Å². The van der Waals surface area contributed by atoms with Crippen LogP contribution in [0.15, 0.2) is 27.6 Å². The molecule has 0 radical (unpaired) electrons. The van der Waals surface area contributed by atoms with Crippen molar-refractivity contribution in [3.05, 3.63) is 29.9 Å². The Hall–Kier alpha value is -2.21. The zero-order chi connectivity index (χ0) is 23.6. The molecule has 0 bridgehead atoms. The van der Waals surface area contributed by atoms with Crippen molar-refractivity contribution in [1.82, 2.24) is 14.4 Å². The molecule has 3 aliphatic heterocycles. The Balaban J connectivity index is 1.20. The van der Waals surface area contributed by atoms with Gasteiger partial charge in [-0.25, -0.2) is 8.42 Å². The molecule has 10 nitrogen and oxygen atoms in total. The summed E-state index contributed by atoms with van der Waals surface area (Å²) in [5.74, 6) is 2.73. The molecule has 0 N–H and O–H groups in total. The number of hydrogen-bond acceptors (Lipinski definition) is 9.